The van der Waals surface area contributed by atoms with E-state index in [4.69, 9.17) is 9.47 Å². The van der Waals surface area contributed by atoms with Crippen LogP contribution in [0.25, 0.3) is 0 Å². The van der Waals surface area contributed by atoms with Gasteiger partial charge in [0.25, 0.3) is 0 Å². The molecule has 4 fully saturated rings. The van der Waals surface area contributed by atoms with Crippen molar-refractivity contribution >= 4 is 11.8 Å². The van der Waals surface area contributed by atoms with Crippen molar-refractivity contribution in [3.63, 3.8) is 0 Å². The monoisotopic (exact) mass is 403 g/mol. The summed E-state index contributed by atoms with van der Waals surface area (Å²) in [5.74, 6) is 0.381. The summed E-state index contributed by atoms with van der Waals surface area (Å²) < 4.78 is 12.8. The van der Waals surface area contributed by atoms with Crippen LogP contribution in [0.5, 0.6) is 0 Å². The summed E-state index contributed by atoms with van der Waals surface area (Å²) in [6, 6.07) is 1.88. The third-order valence-electron chi connectivity index (χ3n) is 7.40. The summed E-state index contributed by atoms with van der Waals surface area (Å²) in [4.78, 5) is 25.8. The van der Waals surface area contributed by atoms with Crippen molar-refractivity contribution in [3.05, 3.63) is 23.0 Å². The van der Waals surface area contributed by atoms with Gasteiger partial charge < -0.3 is 19.1 Å². The van der Waals surface area contributed by atoms with Gasteiger partial charge in [-0.15, -0.1) is 0 Å². The number of methoxy groups -OCH3 is 1. The van der Waals surface area contributed by atoms with Crippen LogP contribution in [0.1, 0.15) is 66.7 Å². The van der Waals surface area contributed by atoms with E-state index in [0.717, 1.165) is 56.5 Å². The maximum absolute atomic E-state index is 13.0. The molecule has 1 aromatic heterocycles. The van der Waals surface area contributed by atoms with E-state index >= 15 is 0 Å². The van der Waals surface area contributed by atoms with E-state index in [-0.39, 0.29) is 18.4 Å². The van der Waals surface area contributed by atoms with Gasteiger partial charge in [-0.2, -0.15) is 0 Å². The highest BCUT2D eigenvalue weighted by Gasteiger charge is 2.60. The molecule has 1 N–H and O–H groups in total. The Kier molecular flexibility index (Phi) is 5.36. The number of Topliss-reactive ketones (excluding diaryl/α,β-unsaturated/α-hetero) is 1. The predicted molar refractivity (Wildman–Crippen MR) is 108 cm³/mol. The molecule has 1 aromatic rings. The minimum absolute atomic E-state index is 0.159. The molecule has 5 rings (SSSR count). The molecule has 160 valence electrons. The molecule has 0 radical (unpaired) electrons. The lowest BCUT2D eigenvalue weighted by Crippen LogP contribution is -2.58. The van der Waals surface area contributed by atoms with E-state index in [9.17, 15) is 14.7 Å². The van der Waals surface area contributed by atoms with Crippen molar-refractivity contribution in [3.8, 4) is 0 Å². The molecule has 6 nitrogen and oxygen atoms in total. The largest absolute Gasteiger partial charge is 0.457 e. The van der Waals surface area contributed by atoms with Gasteiger partial charge in [-0.3, -0.25) is 9.59 Å². The molecule has 0 aromatic carbocycles. The summed E-state index contributed by atoms with van der Waals surface area (Å²) in [7, 11) is 1.68. The fourth-order valence-electron chi connectivity index (χ4n) is 6.61. The molecule has 0 amide bonds. The number of nitrogens with zero attached hydrogens (tertiary/aromatic N) is 1. The van der Waals surface area contributed by atoms with E-state index in [2.05, 4.69) is 4.57 Å². The van der Waals surface area contributed by atoms with Crippen LogP contribution >= 0.6 is 0 Å². The number of ketones is 1. The van der Waals surface area contributed by atoms with E-state index < -0.39 is 11.0 Å². The maximum atomic E-state index is 13.0. The third kappa shape index (κ3) is 3.77. The van der Waals surface area contributed by atoms with Crippen molar-refractivity contribution < 1.29 is 24.2 Å². The molecule has 4 atom stereocenters. The lowest BCUT2D eigenvalue weighted by molar-refractivity contribution is -0.195. The predicted octanol–water partition coefficient (Wildman–Crippen LogP) is 3.20. The standard InChI is InChI=1S/C23H33NO5/c1-15-7-19(16(2)24(15)5-4-6-28-3)20(25)13-29-21(26)22-9-17-8-18(10-22)12-23(27,11-17)14-22/h7,17-18,27H,4-6,8-14H2,1-3H3/t17-,18+,22?,23?. The second-order valence-electron chi connectivity index (χ2n) is 9.75. The van der Waals surface area contributed by atoms with Gasteiger partial charge in [0, 0.05) is 37.2 Å². The molecule has 4 saturated carbocycles. The number of hydrogen-bond donors (Lipinski definition) is 1. The summed E-state index contributed by atoms with van der Waals surface area (Å²) in [5, 5.41) is 10.8. The second kappa shape index (κ2) is 7.55. The number of esters is 1. The highest BCUT2D eigenvalue weighted by atomic mass is 16.5. The first-order chi connectivity index (χ1) is 13.8. The second-order valence-corrected chi connectivity index (χ2v) is 9.75. The van der Waals surface area contributed by atoms with E-state index in [1.54, 1.807) is 7.11 Å². The first-order valence-corrected chi connectivity index (χ1v) is 10.8. The number of carbonyl (C=O) groups is 2. The number of carbonyl (C=O) groups excluding carboxylic acids is 2. The van der Waals surface area contributed by atoms with Crippen LogP contribution in [0.3, 0.4) is 0 Å². The SMILES string of the molecule is COCCCn1c(C)cc(C(=O)COC(=O)C23C[C@@H]4C[C@@H](CC(O)(C4)C2)C3)c1C. The Morgan fingerprint density at radius 2 is 1.90 bits per heavy atom. The Morgan fingerprint density at radius 1 is 1.21 bits per heavy atom. The molecule has 0 spiro atoms. The van der Waals surface area contributed by atoms with Gasteiger partial charge in [0.2, 0.25) is 5.78 Å². The summed E-state index contributed by atoms with van der Waals surface area (Å²) >= 11 is 0. The quantitative estimate of drug-likeness (QED) is 0.410. The lowest BCUT2D eigenvalue weighted by Gasteiger charge is -2.58. The molecule has 2 unspecified atom stereocenters. The summed E-state index contributed by atoms with van der Waals surface area (Å²) in [6.45, 7) is 5.16. The topological polar surface area (TPSA) is 77.8 Å². The number of aliphatic hydroxyl groups is 1. The number of hydrogen-bond acceptors (Lipinski definition) is 5. The van der Waals surface area contributed by atoms with Gasteiger partial charge in [0.15, 0.2) is 6.61 Å². The fraction of sp³-hybridized carbons (Fsp3) is 0.739. The van der Waals surface area contributed by atoms with E-state index in [1.807, 2.05) is 19.9 Å². The number of rotatable bonds is 8. The Bertz CT molecular complexity index is 796. The van der Waals surface area contributed by atoms with Crippen LogP contribution in [0.2, 0.25) is 0 Å². The molecule has 0 saturated heterocycles. The molecule has 4 aliphatic carbocycles. The van der Waals surface area contributed by atoms with Crippen LogP contribution in [0, 0.1) is 31.1 Å². The van der Waals surface area contributed by atoms with Crippen LogP contribution in [-0.4, -0.2) is 47.4 Å². The van der Waals surface area contributed by atoms with Gasteiger partial charge in [-0.05, 0) is 76.7 Å². The van der Waals surface area contributed by atoms with Crippen LogP contribution < -0.4 is 0 Å². The molecule has 6 heteroatoms. The molecule has 1 heterocycles. The minimum atomic E-state index is -0.708. The first-order valence-electron chi connectivity index (χ1n) is 10.8. The zero-order valence-corrected chi connectivity index (χ0v) is 17.8. The van der Waals surface area contributed by atoms with Crippen LogP contribution in [-0.2, 0) is 20.8 Å². The average Bonchev–Trinajstić information content (AvgIpc) is 2.92. The minimum Gasteiger partial charge on any atom is -0.457 e. The van der Waals surface area contributed by atoms with Gasteiger partial charge in [-0.25, -0.2) is 0 Å². The first kappa shape index (κ1) is 20.6. The molecule has 4 aliphatic rings. The van der Waals surface area contributed by atoms with Crippen molar-refractivity contribution in [2.24, 2.45) is 17.3 Å². The molecular formula is C23H33NO5. The Balaban J connectivity index is 1.40. The van der Waals surface area contributed by atoms with Gasteiger partial charge in [0.05, 0.1) is 11.0 Å². The van der Waals surface area contributed by atoms with Gasteiger partial charge in [-0.1, -0.05) is 0 Å². The van der Waals surface area contributed by atoms with Crippen molar-refractivity contribution in [2.75, 3.05) is 20.3 Å². The maximum Gasteiger partial charge on any atom is 0.312 e. The average molecular weight is 404 g/mol. The zero-order chi connectivity index (χ0) is 20.8. The Morgan fingerprint density at radius 3 is 2.52 bits per heavy atom. The Labute approximate surface area is 172 Å². The van der Waals surface area contributed by atoms with Crippen LogP contribution in [0.4, 0.5) is 0 Å². The number of ether oxygens (including phenoxy) is 2. The molecule has 4 bridgehead atoms. The Hall–Kier alpha value is -1.66. The van der Waals surface area contributed by atoms with Gasteiger partial charge in [0.1, 0.15) is 0 Å². The highest BCUT2D eigenvalue weighted by molar-refractivity contribution is 5.99. The van der Waals surface area contributed by atoms with Crippen molar-refractivity contribution in [2.45, 2.75) is 70.9 Å². The fourth-order valence-corrected chi connectivity index (χ4v) is 6.61. The number of aryl methyl sites for hydroxylation is 1. The van der Waals surface area contributed by atoms with Crippen LogP contribution in [0.15, 0.2) is 6.07 Å². The third-order valence-corrected chi connectivity index (χ3v) is 7.40. The molecular weight excluding hydrogens is 370 g/mol. The zero-order valence-electron chi connectivity index (χ0n) is 17.8. The number of aromatic nitrogens is 1. The van der Waals surface area contributed by atoms with E-state index in [1.165, 1.54) is 0 Å². The summed E-state index contributed by atoms with van der Waals surface area (Å²) in [5.41, 5.74) is 1.26. The lowest BCUT2D eigenvalue weighted by atomic mass is 9.48. The molecule has 0 aliphatic heterocycles. The smallest absolute Gasteiger partial charge is 0.312 e. The van der Waals surface area contributed by atoms with E-state index in [0.29, 0.717) is 30.4 Å². The normalized spacial score (nSPS) is 32.6. The summed E-state index contributed by atoms with van der Waals surface area (Å²) in [6.07, 6.45) is 5.71. The van der Waals surface area contributed by atoms with Crippen molar-refractivity contribution in [1.29, 1.82) is 0 Å². The van der Waals surface area contributed by atoms with Crippen molar-refractivity contribution in [1.82, 2.24) is 4.57 Å². The van der Waals surface area contributed by atoms with Gasteiger partial charge >= 0.3 is 5.97 Å². The molecule has 29 heavy (non-hydrogen) atoms. The highest BCUT2D eigenvalue weighted by Crippen LogP contribution is 2.61.